The van der Waals surface area contributed by atoms with Gasteiger partial charge in [-0.2, -0.15) is 0 Å². The Morgan fingerprint density at radius 1 is 0.923 bits per heavy atom. The molecule has 0 radical (unpaired) electrons. The molecule has 26 heavy (non-hydrogen) atoms. The van der Waals surface area contributed by atoms with Gasteiger partial charge in [0.2, 0.25) is 0 Å². The highest BCUT2D eigenvalue weighted by atomic mass is 16.6. The Balaban J connectivity index is 1.53. The minimum Gasteiger partial charge on any atom is -0.459 e. The molecule has 136 valence electrons. The average Bonchev–Trinajstić information content (AvgIpc) is 2.67. The van der Waals surface area contributed by atoms with Gasteiger partial charge in [0.05, 0.1) is 17.2 Å². The van der Waals surface area contributed by atoms with E-state index < -0.39 is 30.4 Å². The lowest BCUT2D eigenvalue weighted by atomic mass is 10.1. The summed E-state index contributed by atoms with van der Waals surface area (Å²) in [6.07, 6.45) is -1.59. The molecule has 0 amide bonds. The van der Waals surface area contributed by atoms with Crippen LogP contribution in [0.2, 0.25) is 0 Å². The van der Waals surface area contributed by atoms with E-state index in [9.17, 15) is 14.7 Å². The monoisotopic (exact) mass is 356 g/mol. The number of ether oxygens (including phenoxy) is 3. The maximum atomic E-state index is 12.1. The summed E-state index contributed by atoms with van der Waals surface area (Å²) in [6, 6.07) is 17.3. The third-order valence-electron chi connectivity index (χ3n) is 4.03. The number of rotatable bonds is 5. The molecule has 1 saturated heterocycles. The topological polar surface area (TPSA) is 82.1 Å². The summed E-state index contributed by atoms with van der Waals surface area (Å²) in [4.78, 5) is 24.1. The molecule has 2 aromatic rings. The van der Waals surface area contributed by atoms with E-state index >= 15 is 0 Å². The zero-order chi connectivity index (χ0) is 18.4. The van der Waals surface area contributed by atoms with Crippen LogP contribution < -0.4 is 0 Å². The van der Waals surface area contributed by atoms with Gasteiger partial charge in [-0.05, 0) is 24.3 Å². The first-order valence-corrected chi connectivity index (χ1v) is 8.43. The van der Waals surface area contributed by atoms with Crippen LogP contribution in [0.25, 0.3) is 0 Å². The number of hydrogen-bond donors (Lipinski definition) is 1. The molecule has 1 heterocycles. The van der Waals surface area contributed by atoms with Crippen molar-refractivity contribution in [2.24, 2.45) is 0 Å². The van der Waals surface area contributed by atoms with E-state index in [1.165, 1.54) is 0 Å². The van der Waals surface area contributed by atoms with Crippen molar-refractivity contribution in [2.75, 3.05) is 6.61 Å². The van der Waals surface area contributed by atoms with Crippen LogP contribution in [0.4, 0.5) is 0 Å². The lowest BCUT2D eigenvalue weighted by molar-refractivity contribution is -0.197. The van der Waals surface area contributed by atoms with E-state index in [2.05, 4.69) is 0 Å². The van der Waals surface area contributed by atoms with Crippen LogP contribution in [-0.2, 0) is 14.2 Å². The number of carbonyl (C=O) groups excluding carboxylic acids is 2. The molecule has 0 aliphatic carbocycles. The molecule has 0 saturated carbocycles. The van der Waals surface area contributed by atoms with Gasteiger partial charge >= 0.3 is 11.9 Å². The van der Waals surface area contributed by atoms with Crippen molar-refractivity contribution in [3.8, 4) is 0 Å². The van der Waals surface area contributed by atoms with Crippen LogP contribution in [0.3, 0.4) is 0 Å². The van der Waals surface area contributed by atoms with Crippen LogP contribution in [0.15, 0.2) is 60.7 Å². The van der Waals surface area contributed by atoms with Crippen LogP contribution >= 0.6 is 0 Å². The summed E-state index contributed by atoms with van der Waals surface area (Å²) in [5, 5.41) is 9.86. The molecule has 1 N–H and O–H groups in total. The number of carbonyl (C=O) groups is 2. The van der Waals surface area contributed by atoms with Gasteiger partial charge < -0.3 is 19.3 Å². The molecule has 3 atom stereocenters. The number of hydrogen-bond acceptors (Lipinski definition) is 6. The number of aliphatic hydroxyl groups is 1. The second-order valence-electron chi connectivity index (χ2n) is 6.04. The molecule has 6 nitrogen and oxygen atoms in total. The SMILES string of the molecule is O=C(OCC1C[C@H](OC(=O)c2ccccc2)C[C@H](O)O1)c1ccccc1. The smallest absolute Gasteiger partial charge is 0.338 e. The molecule has 0 bridgehead atoms. The lowest BCUT2D eigenvalue weighted by Crippen LogP contribution is -2.40. The average molecular weight is 356 g/mol. The summed E-state index contributed by atoms with van der Waals surface area (Å²) in [5.74, 6) is -0.920. The van der Waals surface area contributed by atoms with Gasteiger partial charge in [-0.3, -0.25) is 0 Å². The van der Waals surface area contributed by atoms with Crippen molar-refractivity contribution in [2.45, 2.75) is 31.3 Å². The lowest BCUT2D eigenvalue weighted by Gasteiger charge is -2.32. The maximum Gasteiger partial charge on any atom is 0.338 e. The molecular weight excluding hydrogens is 336 g/mol. The highest BCUT2D eigenvalue weighted by Crippen LogP contribution is 2.22. The number of esters is 2. The fraction of sp³-hybridized carbons (Fsp3) is 0.300. The van der Waals surface area contributed by atoms with Gasteiger partial charge in [-0.1, -0.05) is 36.4 Å². The Bertz CT molecular complexity index is 730. The van der Waals surface area contributed by atoms with Crippen LogP contribution in [0.1, 0.15) is 33.6 Å². The number of aliphatic hydroxyl groups excluding tert-OH is 1. The van der Waals surface area contributed by atoms with Gasteiger partial charge in [0.25, 0.3) is 0 Å². The van der Waals surface area contributed by atoms with Gasteiger partial charge in [0.15, 0.2) is 6.29 Å². The largest absolute Gasteiger partial charge is 0.459 e. The fourth-order valence-corrected chi connectivity index (χ4v) is 2.77. The predicted octanol–water partition coefficient (Wildman–Crippen LogP) is 2.57. The first kappa shape index (κ1) is 18.1. The zero-order valence-electron chi connectivity index (χ0n) is 14.1. The summed E-state index contributed by atoms with van der Waals surface area (Å²) in [5.41, 5.74) is 0.886. The zero-order valence-corrected chi connectivity index (χ0v) is 14.1. The fourth-order valence-electron chi connectivity index (χ4n) is 2.77. The first-order chi connectivity index (χ1) is 12.6. The van der Waals surface area contributed by atoms with Crippen molar-refractivity contribution >= 4 is 11.9 Å². The van der Waals surface area contributed by atoms with Crippen molar-refractivity contribution < 1.29 is 28.9 Å². The van der Waals surface area contributed by atoms with Crippen LogP contribution in [-0.4, -0.2) is 42.1 Å². The molecule has 0 aromatic heterocycles. The summed E-state index contributed by atoms with van der Waals surface area (Å²) < 4.78 is 16.1. The highest BCUT2D eigenvalue weighted by Gasteiger charge is 2.32. The van der Waals surface area contributed by atoms with Crippen molar-refractivity contribution in [3.63, 3.8) is 0 Å². The molecule has 1 unspecified atom stereocenters. The molecule has 0 spiro atoms. The van der Waals surface area contributed by atoms with Gasteiger partial charge in [-0.25, -0.2) is 9.59 Å². The summed E-state index contributed by atoms with van der Waals surface area (Å²) >= 11 is 0. The molecule has 1 aliphatic rings. The van der Waals surface area contributed by atoms with Gasteiger partial charge in [0.1, 0.15) is 12.7 Å². The molecule has 2 aromatic carbocycles. The van der Waals surface area contributed by atoms with Crippen molar-refractivity contribution in [3.05, 3.63) is 71.8 Å². The Morgan fingerprint density at radius 2 is 1.50 bits per heavy atom. The minimum atomic E-state index is -1.07. The third kappa shape index (κ3) is 4.91. The molecule has 6 heteroatoms. The van der Waals surface area contributed by atoms with E-state index in [1.807, 2.05) is 12.1 Å². The van der Waals surface area contributed by atoms with E-state index in [-0.39, 0.29) is 13.0 Å². The predicted molar refractivity (Wildman–Crippen MR) is 92.5 cm³/mol. The second-order valence-corrected chi connectivity index (χ2v) is 6.04. The molecule has 3 rings (SSSR count). The van der Waals surface area contributed by atoms with Crippen molar-refractivity contribution in [1.82, 2.24) is 0 Å². The van der Waals surface area contributed by atoms with E-state index in [0.717, 1.165) is 0 Å². The first-order valence-electron chi connectivity index (χ1n) is 8.43. The van der Waals surface area contributed by atoms with Crippen LogP contribution in [0.5, 0.6) is 0 Å². The van der Waals surface area contributed by atoms with Gasteiger partial charge in [0, 0.05) is 12.8 Å². The molecule has 1 fully saturated rings. The van der Waals surface area contributed by atoms with Crippen molar-refractivity contribution in [1.29, 1.82) is 0 Å². The number of benzene rings is 2. The Morgan fingerprint density at radius 3 is 2.12 bits per heavy atom. The van der Waals surface area contributed by atoms with E-state index in [1.54, 1.807) is 48.5 Å². The third-order valence-corrected chi connectivity index (χ3v) is 4.03. The molecule has 1 aliphatic heterocycles. The maximum absolute atomic E-state index is 12.1. The standard InChI is InChI=1S/C20H20O6/c21-18-12-16(26-20(23)15-9-5-2-6-10-15)11-17(25-18)13-24-19(22)14-7-3-1-4-8-14/h1-10,16-18,21H,11-13H2/t16-,17?,18+/m0/s1. The Kier molecular flexibility index (Phi) is 5.99. The Labute approximate surface area is 151 Å². The summed E-state index contributed by atoms with van der Waals surface area (Å²) in [7, 11) is 0. The highest BCUT2D eigenvalue weighted by molar-refractivity contribution is 5.89. The Hall–Kier alpha value is -2.70. The van der Waals surface area contributed by atoms with E-state index in [0.29, 0.717) is 17.5 Å². The van der Waals surface area contributed by atoms with E-state index in [4.69, 9.17) is 14.2 Å². The minimum absolute atomic E-state index is 0.0236. The van der Waals surface area contributed by atoms with Gasteiger partial charge in [-0.15, -0.1) is 0 Å². The normalized spacial score (nSPS) is 22.4. The molecular formula is C20H20O6. The summed E-state index contributed by atoms with van der Waals surface area (Å²) in [6.45, 7) is -0.0236. The quantitative estimate of drug-likeness (QED) is 0.829. The second kappa shape index (κ2) is 8.60. The van der Waals surface area contributed by atoms with Crippen LogP contribution in [0, 0.1) is 0 Å².